The van der Waals surface area contributed by atoms with Crippen LogP contribution in [-0.2, 0) is 11.3 Å². The zero-order valence-electron chi connectivity index (χ0n) is 19.6. The van der Waals surface area contributed by atoms with Gasteiger partial charge >= 0.3 is 0 Å². The van der Waals surface area contributed by atoms with Crippen molar-refractivity contribution in [2.45, 2.75) is 13.5 Å². The molecule has 9 heteroatoms. The second-order valence-electron chi connectivity index (χ2n) is 8.38. The minimum absolute atomic E-state index is 0.306. The third-order valence-corrected chi connectivity index (χ3v) is 5.93. The lowest BCUT2D eigenvalue weighted by Crippen LogP contribution is -2.38. The number of pyridine rings is 3. The minimum atomic E-state index is -0.306. The van der Waals surface area contributed by atoms with Gasteiger partial charge in [-0.3, -0.25) is 24.3 Å². The maximum Gasteiger partial charge on any atom is 0.274 e. The molecule has 1 aliphatic heterocycles. The van der Waals surface area contributed by atoms with E-state index in [1.54, 1.807) is 24.7 Å². The fraction of sp³-hybridized carbons (Fsp3) is 0.269. The molecule has 1 fully saturated rings. The normalized spacial score (nSPS) is 14.1. The number of rotatable bonds is 7. The van der Waals surface area contributed by atoms with Gasteiger partial charge < -0.3 is 10.1 Å². The SMILES string of the molecule is Cc1ccc(C(=O)Nc2cn(CCN3CCOCC3)nc2-c2ccccn2)nc1-c1cccnc1. The summed E-state index contributed by atoms with van der Waals surface area (Å²) in [6, 6.07) is 13.1. The van der Waals surface area contributed by atoms with Crippen LogP contribution in [0.2, 0.25) is 0 Å². The highest BCUT2D eigenvalue weighted by Gasteiger charge is 2.18. The number of nitrogens with zero attached hydrogens (tertiary/aromatic N) is 6. The standard InChI is InChI=1S/C26H27N7O2/c1-19-7-8-22(29-24(19)20-5-4-9-27-17-20)26(34)30-23-18-33(12-11-32-13-15-35-16-14-32)31-25(23)21-6-2-3-10-28-21/h2-10,17-18H,11-16H2,1H3,(H,30,34). The van der Waals surface area contributed by atoms with Crippen LogP contribution in [-0.4, -0.2) is 68.4 Å². The van der Waals surface area contributed by atoms with Crippen molar-refractivity contribution < 1.29 is 9.53 Å². The van der Waals surface area contributed by atoms with Crippen LogP contribution in [0, 0.1) is 6.92 Å². The van der Waals surface area contributed by atoms with Gasteiger partial charge in [0.15, 0.2) is 0 Å². The Morgan fingerprint density at radius 3 is 2.69 bits per heavy atom. The molecule has 0 radical (unpaired) electrons. The van der Waals surface area contributed by atoms with Crippen molar-refractivity contribution in [3.63, 3.8) is 0 Å². The molecule has 4 aromatic heterocycles. The highest BCUT2D eigenvalue weighted by molar-refractivity contribution is 6.04. The first kappa shape index (κ1) is 22.8. The summed E-state index contributed by atoms with van der Waals surface area (Å²) in [4.78, 5) is 28.8. The van der Waals surface area contributed by atoms with Crippen molar-refractivity contribution in [2.24, 2.45) is 0 Å². The van der Waals surface area contributed by atoms with Crippen LogP contribution in [0.5, 0.6) is 0 Å². The quantitative estimate of drug-likeness (QED) is 0.443. The molecule has 1 saturated heterocycles. The van der Waals surface area contributed by atoms with Crippen LogP contribution in [0.1, 0.15) is 16.1 Å². The molecule has 0 aliphatic carbocycles. The number of hydrogen-bond donors (Lipinski definition) is 1. The van der Waals surface area contributed by atoms with E-state index in [1.165, 1.54) is 0 Å². The predicted octanol–water partition coefficient (Wildman–Crippen LogP) is 3.30. The Labute approximate surface area is 203 Å². The number of ether oxygens (including phenoxy) is 1. The average Bonchev–Trinajstić information content (AvgIpc) is 3.32. The highest BCUT2D eigenvalue weighted by Crippen LogP contribution is 2.26. The molecule has 0 saturated carbocycles. The van der Waals surface area contributed by atoms with Crippen LogP contribution in [0.25, 0.3) is 22.6 Å². The number of aryl methyl sites for hydroxylation is 1. The van der Waals surface area contributed by atoms with Crippen LogP contribution in [0.3, 0.4) is 0 Å². The van der Waals surface area contributed by atoms with Crippen LogP contribution < -0.4 is 5.32 Å². The van der Waals surface area contributed by atoms with E-state index in [0.29, 0.717) is 29.3 Å². The lowest BCUT2D eigenvalue weighted by Gasteiger charge is -2.26. The van der Waals surface area contributed by atoms with Crippen molar-refractivity contribution in [1.29, 1.82) is 0 Å². The summed E-state index contributed by atoms with van der Waals surface area (Å²) in [7, 11) is 0. The first-order valence-electron chi connectivity index (χ1n) is 11.7. The van der Waals surface area contributed by atoms with Crippen molar-refractivity contribution in [1.82, 2.24) is 29.6 Å². The van der Waals surface area contributed by atoms with Crippen LogP contribution in [0.15, 0.2) is 67.3 Å². The molecular formula is C26H27N7O2. The molecule has 35 heavy (non-hydrogen) atoms. The zero-order valence-corrected chi connectivity index (χ0v) is 19.6. The molecule has 1 aliphatic rings. The third-order valence-electron chi connectivity index (χ3n) is 5.93. The largest absolute Gasteiger partial charge is 0.379 e. The number of morpholine rings is 1. The highest BCUT2D eigenvalue weighted by atomic mass is 16.5. The number of nitrogens with one attached hydrogen (secondary N) is 1. The van der Waals surface area contributed by atoms with Gasteiger partial charge in [0.05, 0.1) is 36.8 Å². The van der Waals surface area contributed by atoms with Gasteiger partial charge in [0.25, 0.3) is 5.91 Å². The first-order valence-corrected chi connectivity index (χ1v) is 11.7. The molecule has 5 heterocycles. The summed E-state index contributed by atoms with van der Waals surface area (Å²) in [5.41, 5.74) is 4.81. The van der Waals surface area contributed by atoms with Crippen molar-refractivity contribution >= 4 is 11.6 Å². The Morgan fingerprint density at radius 1 is 1.03 bits per heavy atom. The molecule has 4 aromatic rings. The number of carbonyl (C=O) groups is 1. The Bertz CT molecular complexity index is 1290. The molecule has 1 amide bonds. The van der Waals surface area contributed by atoms with Gasteiger partial charge in [-0.05, 0) is 42.8 Å². The maximum absolute atomic E-state index is 13.2. The van der Waals surface area contributed by atoms with Gasteiger partial charge in [0.1, 0.15) is 11.4 Å². The summed E-state index contributed by atoms with van der Waals surface area (Å²) >= 11 is 0. The smallest absolute Gasteiger partial charge is 0.274 e. The lowest BCUT2D eigenvalue weighted by molar-refractivity contribution is 0.0360. The molecule has 9 nitrogen and oxygen atoms in total. The van der Waals surface area contributed by atoms with Crippen LogP contribution >= 0.6 is 0 Å². The summed E-state index contributed by atoms with van der Waals surface area (Å²) in [6.45, 7) is 6.85. The number of aromatic nitrogens is 5. The molecule has 0 bridgehead atoms. The zero-order chi connectivity index (χ0) is 24.0. The Morgan fingerprint density at radius 2 is 1.91 bits per heavy atom. The Balaban J connectivity index is 1.39. The molecule has 178 valence electrons. The summed E-state index contributed by atoms with van der Waals surface area (Å²) in [5, 5.41) is 7.75. The maximum atomic E-state index is 13.2. The molecular weight excluding hydrogens is 442 g/mol. The van der Waals surface area contributed by atoms with E-state index in [9.17, 15) is 4.79 Å². The predicted molar refractivity (Wildman–Crippen MR) is 133 cm³/mol. The second kappa shape index (κ2) is 10.5. The van der Waals surface area contributed by atoms with Gasteiger partial charge in [0, 0.05) is 50.0 Å². The van der Waals surface area contributed by atoms with Crippen LogP contribution in [0.4, 0.5) is 5.69 Å². The average molecular weight is 470 g/mol. The molecule has 5 rings (SSSR count). The molecule has 0 spiro atoms. The fourth-order valence-electron chi connectivity index (χ4n) is 4.02. The summed E-state index contributed by atoms with van der Waals surface area (Å²) in [5.74, 6) is -0.306. The third kappa shape index (κ3) is 5.42. The minimum Gasteiger partial charge on any atom is -0.379 e. The fourth-order valence-corrected chi connectivity index (χ4v) is 4.02. The van der Waals surface area contributed by atoms with Gasteiger partial charge in [0.2, 0.25) is 0 Å². The van der Waals surface area contributed by atoms with Crippen molar-refractivity contribution in [3.8, 4) is 22.6 Å². The van der Waals surface area contributed by atoms with Crippen molar-refractivity contribution in [3.05, 3.63) is 78.5 Å². The number of amides is 1. The van der Waals surface area contributed by atoms with E-state index >= 15 is 0 Å². The monoisotopic (exact) mass is 469 g/mol. The van der Waals surface area contributed by atoms with E-state index in [0.717, 1.165) is 49.7 Å². The van der Waals surface area contributed by atoms with Gasteiger partial charge in [-0.2, -0.15) is 5.10 Å². The number of hydrogen-bond acceptors (Lipinski definition) is 7. The van der Waals surface area contributed by atoms with E-state index in [-0.39, 0.29) is 5.91 Å². The first-order chi connectivity index (χ1) is 17.2. The molecule has 0 unspecified atom stereocenters. The van der Waals surface area contributed by atoms with E-state index < -0.39 is 0 Å². The lowest BCUT2D eigenvalue weighted by atomic mass is 10.1. The topological polar surface area (TPSA) is 98.1 Å². The van der Waals surface area contributed by atoms with E-state index in [4.69, 9.17) is 9.84 Å². The number of anilines is 1. The molecule has 0 atom stereocenters. The van der Waals surface area contributed by atoms with Gasteiger partial charge in [-0.15, -0.1) is 0 Å². The molecule has 0 aromatic carbocycles. The van der Waals surface area contributed by atoms with E-state index in [2.05, 4.69) is 25.2 Å². The molecule has 1 N–H and O–H groups in total. The van der Waals surface area contributed by atoms with Gasteiger partial charge in [-0.25, -0.2) is 4.98 Å². The second-order valence-corrected chi connectivity index (χ2v) is 8.38. The number of carbonyl (C=O) groups excluding carboxylic acids is 1. The summed E-state index contributed by atoms with van der Waals surface area (Å²) in [6.07, 6.45) is 7.04. The Kier molecular flexibility index (Phi) is 6.87. The summed E-state index contributed by atoms with van der Waals surface area (Å²) < 4.78 is 7.29. The van der Waals surface area contributed by atoms with E-state index in [1.807, 2.05) is 54.2 Å². The van der Waals surface area contributed by atoms with Crippen molar-refractivity contribution in [2.75, 3.05) is 38.2 Å². The Hall–Kier alpha value is -3.95. The van der Waals surface area contributed by atoms with Gasteiger partial charge in [-0.1, -0.05) is 12.1 Å².